The maximum Gasteiger partial charge on any atom is 0.416 e. The van der Waals surface area contributed by atoms with Gasteiger partial charge in [0.05, 0.1) is 48.5 Å². The van der Waals surface area contributed by atoms with Crippen LogP contribution in [-0.2, 0) is 11.0 Å². The number of aliphatic imine (C=N–C) groups is 1. The van der Waals surface area contributed by atoms with Crippen LogP contribution in [0.2, 0.25) is 0 Å². The maximum atomic E-state index is 13.8. The Balaban J connectivity index is 1.55. The average Bonchev–Trinajstić information content (AvgIpc) is 3.41. The Labute approximate surface area is 226 Å². The minimum Gasteiger partial charge on any atom is -0.495 e. The third kappa shape index (κ3) is 5.31. The normalized spacial score (nSPS) is 17.5. The summed E-state index contributed by atoms with van der Waals surface area (Å²) >= 11 is 1.33. The molecule has 0 bridgehead atoms. The van der Waals surface area contributed by atoms with Crippen LogP contribution in [0.3, 0.4) is 0 Å². The zero-order valence-electron chi connectivity index (χ0n) is 21.2. The number of aliphatic carboxylic acids is 1. The quantitative estimate of drug-likeness (QED) is 0.449. The summed E-state index contributed by atoms with van der Waals surface area (Å²) in [6, 6.07) is 7.96. The van der Waals surface area contributed by atoms with Crippen molar-refractivity contribution in [1.82, 2.24) is 9.88 Å². The number of benzene rings is 1. The van der Waals surface area contributed by atoms with Gasteiger partial charge in [-0.15, -0.1) is 11.3 Å². The summed E-state index contributed by atoms with van der Waals surface area (Å²) < 4.78 is 52.0. The van der Waals surface area contributed by atoms with Gasteiger partial charge in [0.2, 0.25) is 11.8 Å². The van der Waals surface area contributed by atoms with Gasteiger partial charge >= 0.3 is 12.1 Å². The number of rotatable bonds is 6. The van der Waals surface area contributed by atoms with Crippen LogP contribution in [-0.4, -0.2) is 67.3 Å². The van der Waals surface area contributed by atoms with E-state index in [-0.39, 0.29) is 17.9 Å². The molecule has 0 aliphatic carbocycles. The number of aromatic nitrogens is 1. The molecule has 2 aromatic heterocycles. The minimum absolute atomic E-state index is 0.109. The number of pyridine rings is 1. The fourth-order valence-corrected chi connectivity index (χ4v) is 5.77. The van der Waals surface area contributed by atoms with Gasteiger partial charge in [-0.2, -0.15) is 13.2 Å². The first-order valence-electron chi connectivity index (χ1n) is 12.1. The molecule has 13 heteroatoms. The standard InChI is InChI=1S/C26H26F3N5O4S/c1-37-21-4-3-16(26(27,28)29)13-19(21)34-20(15-23(35)36)24-18(6-12-39-24)31-25(34)33-10-8-32(9-11-33)17-5-7-30-22(14-17)38-2/h3-7,12-14,20H,8-11,15H2,1-2H3,(H,35,36)/t20-/m1/s1. The van der Waals surface area contributed by atoms with E-state index in [0.717, 1.165) is 17.8 Å². The van der Waals surface area contributed by atoms with Crippen LogP contribution in [0.4, 0.5) is 30.2 Å². The molecule has 1 atom stereocenters. The topological polar surface area (TPSA) is 90.7 Å². The summed E-state index contributed by atoms with van der Waals surface area (Å²) in [7, 11) is 2.92. The highest BCUT2D eigenvalue weighted by Crippen LogP contribution is 2.47. The number of hydrogen-bond donors (Lipinski definition) is 1. The Morgan fingerprint density at radius 3 is 2.49 bits per heavy atom. The van der Waals surface area contributed by atoms with Crippen LogP contribution in [0.25, 0.3) is 0 Å². The lowest BCUT2D eigenvalue weighted by Gasteiger charge is -2.44. The molecule has 1 saturated heterocycles. The molecule has 9 nitrogen and oxygen atoms in total. The number of carbonyl (C=O) groups is 1. The fourth-order valence-electron chi connectivity index (χ4n) is 4.85. The van der Waals surface area contributed by atoms with Gasteiger partial charge in [0.15, 0.2) is 0 Å². The number of ether oxygens (including phenoxy) is 2. The van der Waals surface area contributed by atoms with Gasteiger partial charge in [0.1, 0.15) is 5.75 Å². The predicted octanol–water partition coefficient (Wildman–Crippen LogP) is 5.02. The molecule has 0 amide bonds. The molecule has 5 rings (SSSR count). The van der Waals surface area contributed by atoms with Gasteiger partial charge in [0.25, 0.3) is 0 Å². The SMILES string of the molecule is COc1cc(N2CCN(C3=Nc4ccsc4[C@@H](CC(=O)O)N3c3cc(C(F)(F)F)ccc3OC)CC2)ccn1. The number of hydrogen-bond acceptors (Lipinski definition) is 9. The summed E-state index contributed by atoms with van der Waals surface area (Å²) in [5.74, 6) is -0.00533. The molecular formula is C26H26F3N5O4S. The number of alkyl halides is 3. The van der Waals surface area contributed by atoms with E-state index in [2.05, 4.69) is 9.88 Å². The number of piperazine rings is 1. The van der Waals surface area contributed by atoms with E-state index >= 15 is 0 Å². The van der Waals surface area contributed by atoms with Crippen molar-refractivity contribution in [3.8, 4) is 11.6 Å². The molecule has 2 aliphatic rings. The summed E-state index contributed by atoms with van der Waals surface area (Å²) in [4.78, 5) is 27.4. The summed E-state index contributed by atoms with van der Waals surface area (Å²) in [5, 5.41) is 11.6. The predicted molar refractivity (Wildman–Crippen MR) is 141 cm³/mol. The van der Waals surface area contributed by atoms with Crippen LogP contribution in [0.15, 0.2) is 53.0 Å². The molecule has 206 valence electrons. The van der Waals surface area contributed by atoms with Gasteiger partial charge in [-0.3, -0.25) is 9.69 Å². The highest BCUT2D eigenvalue weighted by Gasteiger charge is 2.40. The van der Waals surface area contributed by atoms with Gasteiger partial charge in [-0.1, -0.05) is 0 Å². The number of fused-ring (bicyclic) bond motifs is 1. The number of guanidine groups is 1. The number of nitrogens with zero attached hydrogens (tertiary/aromatic N) is 5. The highest BCUT2D eigenvalue weighted by atomic mass is 32.1. The molecule has 3 aromatic rings. The second-order valence-electron chi connectivity index (χ2n) is 8.98. The molecule has 0 spiro atoms. The van der Waals surface area contributed by atoms with Gasteiger partial charge < -0.3 is 24.4 Å². The molecule has 0 saturated carbocycles. The van der Waals surface area contributed by atoms with Crippen molar-refractivity contribution in [3.05, 3.63) is 58.4 Å². The summed E-state index contributed by atoms with van der Waals surface area (Å²) in [6.07, 6.45) is -3.26. The van der Waals surface area contributed by atoms with E-state index < -0.39 is 23.8 Å². The largest absolute Gasteiger partial charge is 0.495 e. The summed E-state index contributed by atoms with van der Waals surface area (Å²) in [5.41, 5.74) is 0.801. The number of carboxylic acid groups (broad SMARTS) is 1. The zero-order chi connectivity index (χ0) is 27.7. The van der Waals surface area contributed by atoms with Gasteiger partial charge in [-0.05, 0) is 35.7 Å². The minimum atomic E-state index is -4.60. The fraction of sp³-hybridized carbons (Fsp3) is 0.346. The van der Waals surface area contributed by atoms with E-state index in [4.69, 9.17) is 14.5 Å². The molecule has 0 radical (unpaired) electrons. The highest BCUT2D eigenvalue weighted by molar-refractivity contribution is 7.10. The molecule has 4 heterocycles. The van der Waals surface area contributed by atoms with Crippen LogP contribution in [0.1, 0.15) is 22.9 Å². The lowest BCUT2D eigenvalue weighted by Crippen LogP contribution is -2.55. The second kappa shape index (κ2) is 10.6. The van der Waals surface area contributed by atoms with Crippen molar-refractivity contribution in [2.24, 2.45) is 4.99 Å². The van der Waals surface area contributed by atoms with E-state index in [1.807, 2.05) is 22.4 Å². The Hall–Kier alpha value is -4.00. The lowest BCUT2D eigenvalue weighted by molar-refractivity contribution is -0.138. The molecular weight excluding hydrogens is 535 g/mol. The lowest BCUT2D eigenvalue weighted by atomic mass is 10.0. The number of carboxylic acids is 1. The Morgan fingerprint density at radius 2 is 1.82 bits per heavy atom. The number of methoxy groups -OCH3 is 2. The number of halogens is 3. The van der Waals surface area contributed by atoms with E-state index in [1.54, 1.807) is 24.3 Å². The number of anilines is 2. The average molecular weight is 562 g/mol. The van der Waals surface area contributed by atoms with Crippen LogP contribution >= 0.6 is 11.3 Å². The first-order valence-corrected chi connectivity index (χ1v) is 13.0. The monoisotopic (exact) mass is 561 g/mol. The van der Waals surface area contributed by atoms with Crippen molar-refractivity contribution in [1.29, 1.82) is 0 Å². The number of thiophene rings is 1. The molecule has 1 N–H and O–H groups in total. The molecule has 1 aromatic carbocycles. The van der Waals surface area contributed by atoms with Crippen LogP contribution in [0.5, 0.6) is 11.6 Å². The Morgan fingerprint density at radius 1 is 1.08 bits per heavy atom. The van der Waals surface area contributed by atoms with Crippen LogP contribution < -0.4 is 19.3 Å². The first kappa shape index (κ1) is 26.6. The third-order valence-corrected chi connectivity index (χ3v) is 7.72. The summed E-state index contributed by atoms with van der Waals surface area (Å²) in [6.45, 7) is 2.20. The van der Waals surface area contributed by atoms with Crippen molar-refractivity contribution in [2.45, 2.75) is 18.6 Å². The molecule has 39 heavy (non-hydrogen) atoms. The third-order valence-electron chi connectivity index (χ3n) is 6.71. The maximum absolute atomic E-state index is 13.8. The smallest absolute Gasteiger partial charge is 0.416 e. The second-order valence-corrected chi connectivity index (χ2v) is 9.93. The first-order chi connectivity index (χ1) is 18.7. The Kier molecular flexibility index (Phi) is 7.25. The van der Waals surface area contributed by atoms with Crippen molar-refractivity contribution < 1.29 is 32.5 Å². The van der Waals surface area contributed by atoms with Crippen molar-refractivity contribution in [2.75, 3.05) is 50.2 Å². The van der Waals surface area contributed by atoms with Gasteiger partial charge in [-0.25, -0.2) is 9.98 Å². The Bertz CT molecular complexity index is 1390. The molecule has 1 fully saturated rings. The molecule has 2 aliphatic heterocycles. The van der Waals surface area contributed by atoms with Gasteiger partial charge in [0, 0.05) is 44.1 Å². The zero-order valence-corrected chi connectivity index (χ0v) is 22.0. The van der Waals surface area contributed by atoms with Crippen molar-refractivity contribution in [3.63, 3.8) is 0 Å². The van der Waals surface area contributed by atoms with Crippen molar-refractivity contribution >= 4 is 40.3 Å². The van der Waals surface area contributed by atoms with E-state index in [0.29, 0.717) is 48.6 Å². The van der Waals surface area contributed by atoms with E-state index in [1.165, 1.54) is 24.5 Å². The molecule has 0 unspecified atom stereocenters. The van der Waals surface area contributed by atoms with Crippen LogP contribution in [0, 0.1) is 0 Å². The van der Waals surface area contributed by atoms with E-state index in [9.17, 15) is 23.1 Å².